The van der Waals surface area contributed by atoms with E-state index in [9.17, 15) is 14.7 Å². The highest BCUT2D eigenvalue weighted by Gasteiger charge is 2.41. The van der Waals surface area contributed by atoms with Gasteiger partial charge in [0, 0.05) is 32.4 Å². The van der Waals surface area contributed by atoms with Crippen LogP contribution in [0.1, 0.15) is 57.5 Å². The van der Waals surface area contributed by atoms with Crippen LogP contribution in [0.25, 0.3) is 11.4 Å². The summed E-state index contributed by atoms with van der Waals surface area (Å²) in [6.45, 7) is 9.67. The Bertz CT molecular complexity index is 1310. The van der Waals surface area contributed by atoms with Gasteiger partial charge in [-0.25, -0.2) is 9.67 Å². The van der Waals surface area contributed by atoms with Gasteiger partial charge in [0.1, 0.15) is 5.69 Å². The van der Waals surface area contributed by atoms with Gasteiger partial charge in [0.2, 0.25) is 0 Å². The fourth-order valence-electron chi connectivity index (χ4n) is 4.97. The molecule has 192 valence electrons. The third-order valence-corrected chi connectivity index (χ3v) is 7.47. The highest BCUT2D eigenvalue weighted by atomic mass is 16.4. The molecule has 0 spiro atoms. The largest absolute Gasteiger partial charge is 0.481 e. The molecule has 1 N–H and O–H groups in total. The van der Waals surface area contributed by atoms with E-state index in [4.69, 9.17) is 4.98 Å². The number of nitrogens with zero attached hydrogens (tertiary/aromatic N) is 6. The number of aliphatic carboxylic acids is 1. The molecule has 0 aromatic carbocycles. The minimum absolute atomic E-state index is 0.0626. The lowest BCUT2D eigenvalue weighted by Crippen LogP contribution is -2.35. The van der Waals surface area contributed by atoms with Crippen LogP contribution in [0.3, 0.4) is 0 Å². The quantitative estimate of drug-likeness (QED) is 0.487. The molecule has 0 bridgehead atoms. The van der Waals surface area contributed by atoms with Gasteiger partial charge in [-0.3, -0.25) is 9.59 Å². The minimum atomic E-state index is -0.768. The average Bonchev–Trinajstić information content (AvgIpc) is 3.49. The molecule has 3 aromatic heterocycles. The van der Waals surface area contributed by atoms with Gasteiger partial charge in [-0.15, -0.1) is 5.10 Å². The molecule has 9 heteroatoms. The van der Waals surface area contributed by atoms with E-state index >= 15 is 0 Å². The maximum atomic E-state index is 12.5. The molecule has 4 heterocycles. The second-order valence-electron chi connectivity index (χ2n) is 10.2. The maximum Gasteiger partial charge on any atom is 0.309 e. The molecule has 4 rings (SSSR count). The lowest BCUT2D eigenvalue weighted by molar-refractivity contribution is -0.149. The summed E-state index contributed by atoms with van der Waals surface area (Å²) in [4.78, 5) is 31.5. The first-order valence-corrected chi connectivity index (χ1v) is 12.7. The molecule has 0 aliphatic carbocycles. The smallest absolute Gasteiger partial charge is 0.309 e. The predicted octanol–water partition coefficient (Wildman–Crippen LogP) is 3.54. The Balaban J connectivity index is 1.63. The fraction of sp³-hybridized carbons (Fsp3) is 0.519. The van der Waals surface area contributed by atoms with Crippen LogP contribution < -0.4 is 10.5 Å². The summed E-state index contributed by atoms with van der Waals surface area (Å²) in [5.74, 6) is -0.680. The zero-order chi connectivity index (χ0) is 26.0. The van der Waals surface area contributed by atoms with E-state index in [0.29, 0.717) is 18.8 Å². The van der Waals surface area contributed by atoms with Crippen molar-refractivity contribution in [3.05, 3.63) is 57.8 Å². The summed E-state index contributed by atoms with van der Waals surface area (Å²) in [6.07, 6.45) is 5.42. The van der Waals surface area contributed by atoms with Crippen molar-refractivity contribution in [1.29, 1.82) is 0 Å². The Hall–Kier alpha value is -3.49. The number of carbonyl (C=O) groups is 1. The van der Waals surface area contributed by atoms with Crippen LogP contribution in [0.5, 0.6) is 0 Å². The van der Waals surface area contributed by atoms with Crippen LogP contribution in [0.4, 0.5) is 5.69 Å². The van der Waals surface area contributed by atoms with E-state index in [0.717, 1.165) is 60.6 Å². The van der Waals surface area contributed by atoms with E-state index in [1.165, 1.54) is 0 Å². The van der Waals surface area contributed by atoms with E-state index in [1.807, 2.05) is 39.2 Å². The molecule has 0 amide bonds. The van der Waals surface area contributed by atoms with E-state index < -0.39 is 11.4 Å². The number of rotatable bonds is 9. The molecule has 0 radical (unpaired) electrons. The average molecular weight is 493 g/mol. The minimum Gasteiger partial charge on any atom is -0.481 e. The number of carboxylic acids is 1. The number of anilines is 1. The molecule has 9 nitrogen and oxygen atoms in total. The third kappa shape index (κ3) is 4.92. The molecular formula is C27H36N6O3. The molecule has 1 aliphatic rings. The van der Waals surface area contributed by atoms with Crippen LogP contribution in [-0.4, -0.2) is 48.7 Å². The standard InChI is InChI=1S/C27H36N6O3/c1-6-8-18-9-12-24(34)33(15-18)17-23-25(29-30-31(23)5)21-10-11-22(20(7-2)28-21)32-14-13-19(16-32)27(3,4)26(35)36/h9-12,15,19H,6-8,13-14,16-17H2,1-5H3,(H,35,36). The number of hydrogen-bond acceptors (Lipinski definition) is 6. The lowest BCUT2D eigenvalue weighted by atomic mass is 9.78. The highest BCUT2D eigenvalue weighted by Crippen LogP contribution is 2.37. The Morgan fingerprint density at radius 3 is 2.67 bits per heavy atom. The summed E-state index contributed by atoms with van der Waals surface area (Å²) in [6, 6.07) is 7.52. The molecule has 0 saturated carbocycles. The van der Waals surface area contributed by atoms with E-state index in [1.54, 1.807) is 15.3 Å². The molecule has 36 heavy (non-hydrogen) atoms. The van der Waals surface area contributed by atoms with Crippen molar-refractivity contribution >= 4 is 11.7 Å². The van der Waals surface area contributed by atoms with Crippen molar-refractivity contribution in [3.63, 3.8) is 0 Å². The van der Waals surface area contributed by atoms with Gasteiger partial charge in [-0.1, -0.05) is 31.5 Å². The number of pyridine rings is 2. The third-order valence-electron chi connectivity index (χ3n) is 7.47. The normalized spacial score (nSPS) is 16.0. The molecular weight excluding hydrogens is 456 g/mol. The second kappa shape index (κ2) is 10.2. The summed E-state index contributed by atoms with van der Waals surface area (Å²) >= 11 is 0. The van der Waals surface area contributed by atoms with E-state index in [2.05, 4.69) is 35.1 Å². The molecule has 1 unspecified atom stereocenters. The van der Waals surface area contributed by atoms with Crippen molar-refractivity contribution < 1.29 is 9.90 Å². The Morgan fingerprint density at radius 1 is 1.19 bits per heavy atom. The van der Waals surface area contributed by atoms with Crippen LogP contribution in [-0.2, 0) is 31.2 Å². The first-order valence-electron chi connectivity index (χ1n) is 12.7. The molecule has 1 aliphatic heterocycles. The topological polar surface area (TPSA) is 106 Å². The summed E-state index contributed by atoms with van der Waals surface area (Å²) in [5.41, 5.74) is 4.48. The van der Waals surface area contributed by atoms with E-state index in [-0.39, 0.29) is 11.5 Å². The van der Waals surface area contributed by atoms with Gasteiger partial charge in [-0.2, -0.15) is 0 Å². The zero-order valence-electron chi connectivity index (χ0n) is 21.9. The van der Waals surface area contributed by atoms with Gasteiger partial charge in [0.25, 0.3) is 5.56 Å². The lowest BCUT2D eigenvalue weighted by Gasteiger charge is -2.28. The number of aryl methyl sites for hydroxylation is 3. The van der Waals surface area contributed by atoms with Crippen molar-refractivity contribution in [2.45, 2.75) is 59.9 Å². The number of carboxylic acid groups (broad SMARTS) is 1. The first-order chi connectivity index (χ1) is 17.1. The van der Waals surface area contributed by atoms with Crippen molar-refractivity contribution in [2.75, 3.05) is 18.0 Å². The summed E-state index contributed by atoms with van der Waals surface area (Å²) in [7, 11) is 1.83. The van der Waals surface area contributed by atoms with Crippen LogP contribution in [0, 0.1) is 11.3 Å². The van der Waals surface area contributed by atoms with Gasteiger partial charge >= 0.3 is 5.97 Å². The Morgan fingerprint density at radius 2 is 1.97 bits per heavy atom. The van der Waals surface area contributed by atoms with Gasteiger partial charge in [0.15, 0.2) is 0 Å². The van der Waals surface area contributed by atoms with Crippen molar-refractivity contribution in [3.8, 4) is 11.4 Å². The SMILES string of the molecule is CCCc1ccc(=O)n(Cc2c(-c3ccc(N4CCC(C(C)(C)C(=O)O)C4)c(CC)n3)nnn2C)c1. The van der Waals surface area contributed by atoms with Crippen LogP contribution in [0.15, 0.2) is 35.3 Å². The number of aromatic nitrogens is 5. The maximum absolute atomic E-state index is 12.5. The molecule has 1 atom stereocenters. The predicted molar refractivity (Wildman–Crippen MR) is 139 cm³/mol. The van der Waals surface area contributed by atoms with Gasteiger partial charge in [0.05, 0.1) is 34.7 Å². The first kappa shape index (κ1) is 25.6. The van der Waals surface area contributed by atoms with Crippen LogP contribution in [0.2, 0.25) is 0 Å². The highest BCUT2D eigenvalue weighted by molar-refractivity contribution is 5.74. The van der Waals surface area contributed by atoms with Crippen molar-refractivity contribution in [2.24, 2.45) is 18.4 Å². The second-order valence-corrected chi connectivity index (χ2v) is 10.2. The number of hydrogen-bond donors (Lipinski definition) is 1. The molecule has 1 fully saturated rings. The van der Waals surface area contributed by atoms with Crippen molar-refractivity contribution in [1.82, 2.24) is 24.5 Å². The Labute approximate surface area is 211 Å². The van der Waals surface area contributed by atoms with Crippen LogP contribution >= 0.6 is 0 Å². The summed E-state index contributed by atoms with van der Waals surface area (Å²) in [5, 5.41) is 18.3. The zero-order valence-corrected chi connectivity index (χ0v) is 21.9. The summed E-state index contributed by atoms with van der Waals surface area (Å²) < 4.78 is 3.41. The van der Waals surface area contributed by atoms with Gasteiger partial charge < -0.3 is 14.6 Å². The molecule has 1 saturated heterocycles. The fourth-order valence-corrected chi connectivity index (χ4v) is 4.97. The Kier molecular flexibility index (Phi) is 7.28. The molecule has 3 aromatic rings. The monoisotopic (exact) mass is 492 g/mol. The van der Waals surface area contributed by atoms with Gasteiger partial charge in [-0.05, 0) is 56.7 Å².